The first-order valence-electron chi connectivity index (χ1n) is 10.2. The second-order valence-corrected chi connectivity index (χ2v) is 7.54. The number of nitrogens with zero attached hydrogens (tertiary/aromatic N) is 3. The van der Waals surface area contributed by atoms with E-state index in [2.05, 4.69) is 10.3 Å². The van der Waals surface area contributed by atoms with Crippen LogP contribution >= 0.6 is 0 Å². The van der Waals surface area contributed by atoms with Crippen LogP contribution in [-0.2, 0) is 11.3 Å². The van der Waals surface area contributed by atoms with Crippen LogP contribution in [-0.4, -0.2) is 34.3 Å². The van der Waals surface area contributed by atoms with E-state index < -0.39 is 0 Å². The number of anilines is 2. The van der Waals surface area contributed by atoms with E-state index in [-0.39, 0.29) is 23.8 Å². The van der Waals surface area contributed by atoms with Crippen molar-refractivity contribution in [3.8, 4) is 0 Å². The van der Waals surface area contributed by atoms with E-state index in [0.717, 1.165) is 32.4 Å². The van der Waals surface area contributed by atoms with Gasteiger partial charge in [-0.25, -0.2) is 4.98 Å². The van der Waals surface area contributed by atoms with Gasteiger partial charge in [-0.15, -0.1) is 0 Å². The van der Waals surface area contributed by atoms with Crippen LogP contribution in [0.4, 0.5) is 11.5 Å². The number of aromatic nitrogens is 2. The van der Waals surface area contributed by atoms with Crippen molar-refractivity contribution in [3.63, 3.8) is 0 Å². The van der Waals surface area contributed by atoms with Crippen molar-refractivity contribution in [2.45, 2.75) is 32.7 Å². The van der Waals surface area contributed by atoms with Crippen molar-refractivity contribution in [3.05, 3.63) is 64.4 Å². The third-order valence-electron chi connectivity index (χ3n) is 5.37. The highest BCUT2D eigenvalue weighted by Crippen LogP contribution is 2.18. The minimum atomic E-state index is -0.311. The summed E-state index contributed by atoms with van der Waals surface area (Å²) in [5.74, 6) is 0.0635. The number of rotatable bonds is 5. The van der Waals surface area contributed by atoms with Gasteiger partial charge in [0.15, 0.2) is 11.6 Å². The number of ketones is 1. The van der Waals surface area contributed by atoms with E-state index >= 15 is 0 Å². The molecule has 1 aromatic heterocycles. The maximum absolute atomic E-state index is 13.2. The molecule has 0 saturated carbocycles. The first kappa shape index (κ1) is 19.8. The molecule has 0 bridgehead atoms. The molecule has 7 heteroatoms. The second-order valence-electron chi connectivity index (χ2n) is 7.54. The fourth-order valence-electron chi connectivity index (χ4n) is 3.78. The van der Waals surface area contributed by atoms with Crippen molar-refractivity contribution in [2.24, 2.45) is 0 Å². The fourth-order valence-corrected chi connectivity index (χ4v) is 3.78. The Hall–Kier alpha value is -3.48. The Bertz CT molecular complexity index is 1150. The molecule has 1 fully saturated rings. The predicted molar refractivity (Wildman–Crippen MR) is 117 cm³/mol. The lowest BCUT2D eigenvalue weighted by molar-refractivity contribution is -0.116. The minimum Gasteiger partial charge on any atom is -0.352 e. The van der Waals surface area contributed by atoms with Gasteiger partial charge in [0, 0.05) is 24.3 Å². The van der Waals surface area contributed by atoms with Gasteiger partial charge in [0.05, 0.1) is 11.0 Å². The molecule has 1 N–H and O–H groups in total. The summed E-state index contributed by atoms with van der Waals surface area (Å²) in [6, 6.07) is 14.1. The minimum absolute atomic E-state index is 0.0343. The largest absolute Gasteiger partial charge is 0.352 e. The lowest BCUT2D eigenvalue weighted by atomic mass is 10.1. The predicted octanol–water partition coefficient (Wildman–Crippen LogP) is 3.23. The van der Waals surface area contributed by atoms with Gasteiger partial charge < -0.3 is 10.2 Å². The third kappa shape index (κ3) is 4.10. The maximum Gasteiger partial charge on any atom is 0.294 e. The summed E-state index contributed by atoms with van der Waals surface area (Å²) in [7, 11) is 0. The Morgan fingerprint density at radius 1 is 1.00 bits per heavy atom. The number of fused-ring (bicyclic) bond motifs is 1. The number of benzene rings is 2. The van der Waals surface area contributed by atoms with Crippen LogP contribution in [0.15, 0.2) is 53.3 Å². The third-order valence-corrected chi connectivity index (χ3v) is 5.37. The zero-order valence-corrected chi connectivity index (χ0v) is 16.9. The van der Waals surface area contributed by atoms with Crippen LogP contribution in [0.5, 0.6) is 0 Å². The standard InChI is InChI=1S/C23H24N4O3/c1-16(28)17-9-11-18(12-10-17)24-21(29)15-27-20-8-4-3-7-19(20)25-22(23(27)30)26-13-5-2-6-14-26/h3-4,7-12H,2,5-6,13-15H2,1H3,(H,24,29). The lowest BCUT2D eigenvalue weighted by Crippen LogP contribution is -2.38. The molecule has 7 nitrogen and oxygen atoms in total. The summed E-state index contributed by atoms with van der Waals surface area (Å²) < 4.78 is 1.49. The van der Waals surface area contributed by atoms with Crippen molar-refractivity contribution >= 4 is 34.2 Å². The van der Waals surface area contributed by atoms with Crippen LogP contribution in [0.2, 0.25) is 0 Å². The molecule has 0 radical (unpaired) electrons. The summed E-state index contributed by atoms with van der Waals surface area (Å²) in [6.45, 7) is 2.98. The molecule has 4 rings (SSSR count). The van der Waals surface area contributed by atoms with E-state index in [1.807, 2.05) is 23.1 Å². The Balaban J connectivity index is 1.63. The van der Waals surface area contributed by atoms with Gasteiger partial charge in [-0.3, -0.25) is 19.0 Å². The van der Waals surface area contributed by atoms with Gasteiger partial charge >= 0.3 is 0 Å². The topological polar surface area (TPSA) is 84.3 Å². The Morgan fingerprint density at radius 3 is 2.40 bits per heavy atom. The zero-order valence-electron chi connectivity index (χ0n) is 16.9. The molecule has 0 unspecified atom stereocenters. The fraction of sp³-hybridized carbons (Fsp3) is 0.304. The number of Topliss-reactive ketones (excluding diaryl/α,β-unsaturated/α-hetero) is 1. The first-order chi connectivity index (χ1) is 14.5. The smallest absolute Gasteiger partial charge is 0.294 e. The molecule has 3 aromatic rings. The summed E-state index contributed by atoms with van der Waals surface area (Å²) in [5.41, 5.74) is 2.22. The summed E-state index contributed by atoms with van der Waals surface area (Å²) in [6.07, 6.45) is 3.22. The lowest BCUT2D eigenvalue weighted by Gasteiger charge is -2.27. The van der Waals surface area contributed by atoms with Crippen molar-refractivity contribution in [1.29, 1.82) is 0 Å². The number of amides is 1. The number of hydrogen-bond acceptors (Lipinski definition) is 5. The van der Waals surface area contributed by atoms with Gasteiger partial charge in [0.2, 0.25) is 5.91 Å². The van der Waals surface area contributed by atoms with Crippen LogP contribution < -0.4 is 15.8 Å². The van der Waals surface area contributed by atoms with E-state index in [0.29, 0.717) is 28.1 Å². The van der Waals surface area contributed by atoms with E-state index in [9.17, 15) is 14.4 Å². The molecule has 2 heterocycles. The maximum atomic E-state index is 13.2. The number of piperidine rings is 1. The number of carbonyl (C=O) groups is 2. The molecular weight excluding hydrogens is 380 g/mol. The van der Waals surface area contributed by atoms with Crippen molar-refractivity contribution in [1.82, 2.24) is 9.55 Å². The molecule has 1 amide bonds. The summed E-state index contributed by atoms with van der Waals surface area (Å²) in [4.78, 5) is 44.0. The Morgan fingerprint density at radius 2 is 1.70 bits per heavy atom. The van der Waals surface area contributed by atoms with Crippen molar-refractivity contribution in [2.75, 3.05) is 23.3 Å². The average Bonchev–Trinajstić information content (AvgIpc) is 2.76. The van der Waals surface area contributed by atoms with Crippen LogP contribution in [0.3, 0.4) is 0 Å². The van der Waals surface area contributed by atoms with Gasteiger partial charge in [-0.2, -0.15) is 0 Å². The number of nitrogens with one attached hydrogen (secondary N) is 1. The van der Waals surface area contributed by atoms with Gasteiger partial charge in [0.1, 0.15) is 6.54 Å². The second kappa shape index (κ2) is 8.49. The number of para-hydroxylation sites is 2. The SMILES string of the molecule is CC(=O)c1ccc(NC(=O)Cn2c(=O)c(N3CCCCC3)nc3ccccc32)cc1. The zero-order chi connectivity index (χ0) is 21.1. The Kier molecular flexibility index (Phi) is 5.61. The van der Waals surface area contributed by atoms with Crippen LogP contribution in [0.1, 0.15) is 36.5 Å². The van der Waals surface area contributed by atoms with Crippen LogP contribution in [0.25, 0.3) is 11.0 Å². The monoisotopic (exact) mass is 404 g/mol. The molecular formula is C23H24N4O3. The highest BCUT2D eigenvalue weighted by Gasteiger charge is 2.20. The number of hydrogen-bond donors (Lipinski definition) is 1. The molecule has 0 aliphatic carbocycles. The summed E-state index contributed by atoms with van der Waals surface area (Å²) >= 11 is 0. The summed E-state index contributed by atoms with van der Waals surface area (Å²) in [5, 5.41) is 2.80. The number of carbonyl (C=O) groups excluding carboxylic acids is 2. The highest BCUT2D eigenvalue weighted by atomic mass is 16.2. The van der Waals surface area contributed by atoms with Gasteiger partial charge in [-0.05, 0) is 62.6 Å². The molecule has 154 valence electrons. The Labute approximate surface area is 174 Å². The van der Waals surface area contributed by atoms with E-state index in [1.54, 1.807) is 30.3 Å². The molecule has 1 saturated heterocycles. The molecule has 1 aliphatic rings. The van der Waals surface area contributed by atoms with E-state index in [1.165, 1.54) is 11.5 Å². The molecule has 2 aromatic carbocycles. The highest BCUT2D eigenvalue weighted by molar-refractivity contribution is 5.95. The molecule has 1 aliphatic heterocycles. The van der Waals surface area contributed by atoms with Crippen molar-refractivity contribution < 1.29 is 9.59 Å². The normalized spacial score (nSPS) is 14.0. The first-order valence-corrected chi connectivity index (χ1v) is 10.2. The molecule has 0 spiro atoms. The van der Waals surface area contributed by atoms with Gasteiger partial charge in [0.25, 0.3) is 5.56 Å². The quantitative estimate of drug-likeness (QED) is 0.660. The van der Waals surface area contributed by atoms with E-state index in [4.69, 9.17) is 0 Å². The molecule has 0 atom stereocenters. The average molecular weight is 404 g/mol. The van der Waals surface area contributed by atoms with Crippen LogP contribution in [0, 0.1) is 0 Å². The van der Waals surface area contributed by atoms with Gasteiger partial charge in [-0.1, -0.05) is 12.1 Å². The molecule has 30 heavy (non-hydrogen) atoms.